The Bertz CT molecular complexity index is 869. The summed E-state index contributed by atoms with van der Waals surface area (Å²) < 4.78 is 14.6. The first-order valence-corrected chi connectivity index (χ1v) is 7.09. The van der Waals surface area contributed by atoms with E-state index in [2.05, 4.69) is 5.32 Å². The molecule has 0 bridgehead atoms. The zero-order chi connectivity index (χ0) is 17.3. The zero-order valence-corrected chi connectivity index (χ0v) is 13.6. The molecule has 0 atom stereocenters. The maximum absolute atomic E-state index is 13.3. The first-order valence-electron chi connectivity index (χ1n) is 6.33. The number of benzene rings is 1. The number of Topliss-reactive ketones (excluding diaryl/α,β-unsaturated/α-hetero) is 1. The van der Waals surface area contributed by atoms with Gasteiger partial charge in [-0.1, -0.05) is 23.2 Å². The van der Waals surface area contributed by atoms with Gasteiger partial charge >= 0.3 is 0 Å². The van der Waals surface area contributed by atoms with Gasteiger partial charge in [0.1, 0.15) is 22.7 Å². The molecular formula is C15H10Cl2FN3O2. The number of hydrogen-bond donors (Lipinski definition) is 1. The molecule has 0 saturated carbocycles. The van der Waals surface area contributed by atoms with Gasteiger partial charge in [0.2, 0.25) is 0 Å². The smallest absolute Gasteiger partial charge is 0.273 e. The van der Waals surface area contributed by atoms with Crippen LogP contribution in [0.2, 0.25) is 10.2 Å². The molecule has 0 unspecified atom stereocenters. The van der Waals surface area contributed by atoms with E-state index in [0.29, 0.717) is 0 Å². The topological polar surface area (TPSA) is 74.9 Å². The Morgan fingerprint density at radius 2 is 2.00 bits per heavy atom. The van der Waals surface area contributed by atoms with Gasteiger partial charge in [0.25, 0.3) is 5.91 Å². The molecule has 1 heterocycles. The molecule has 0 aliphatic carbocycles. The Labute approximate surface area is 141 Å². The molecule has 0 aliphatic rings. The number of halogens is 3. The lowest BCUT2D eigenvalue weighted by molar-refractivity contribution is 0.101. The van der Waals surface area contributed by atoms with Gasteiger partial charge in [0.15, 0.2) is 5.78 Å². The molecule has 0 radical (unpaired) electrons. The molecule has 2 aromatic rings. The van der Waals surface area contributed by atoms with E-state index in [9.17, 15) is 14.0 Å². The highest BCUT2D eigenvalue weighted by molar-refractivity contribution is 6.42. The third kappa shape index (κ3) is 3.07. The molecule has 0 spiro atoms. The van der Waals surface area contributed by atoms with E-state index in [1.165, 1.54) is 30.7 Å². The lowest BCUT2D eigenvalue weighted by Gasteiger charge is -2.07. The van der Waals surface area contributed by atoms with E-state index in [-0.39, 0.29) is 38.5 Å². The minimum Gasteiger partial charge on any atom is -0.329 e. The summed E-state index contributed by atoms with van der Waals surface area (Å²) in [6, 6.07) is 5.24. The van der Waals surface area contributed by atoms with Crippen molar-refractivity contribution in [1.29, 1.82) is 5.26 Å². The minimum absolute atomic E-state index is 0.00954. The molecule has 0 aliphatic heterocycles. The largest absolute Gasteiger partial charge is 0.329 e. The standard InChI is InChI=1S/C15H10Cl2FN3O2/c1-7(22)11-12(16)13(21(2)14(11)17)15(23)20-9-3-4-10(18)8(5-9)6-19/h3-5H,1-2H3,(H,20,23). The second-order valence-corrected chi connectivity index (χ2v) is 5.44. The molecule has 0 saturated heterocycles. The summed E-state index contributed by atoms with van der Waals surface area (Å²) in [4.78, 5) is 23.9. The normalized spacial score (nSPS) is 10.3. The molecule has 23 heavy (non-hydrogen) atoms. The summed E-state index contributed by atoms with van der Waals surface area (Å²) in [7, 11) is 1.49. The average molecular weight is 354 g/mol. The molecule has 1 aromatic carbocycles. The van der Waals surface area contributed by atoms with Crippen LogP contribution in [0.5, 0.6) is 0 Å². The lowest BCUT2D eigenvalue weighted by Crippen LogP contribution is -2.16. The third-order valence-electron chi connectivity index (χ3n) is 3.18. The van der Waals surface area contributed by atoms with Gasteiger partial charge in [-0.05, 0) is 25.1 Å². The van der Waals surface area contributed by atoms with Gasteiger partial charge in [-0.15, -0.1) is 0 Å². The van der Waals surface area contributed by atoms with E-state index in [0.717, 1.165) is 6.07 Å². The molecule has 1 N–H and O–H groups in total. The van der Waals surface area contributed by atoms with Crippen LogP contribution in [0.4, 0.5) is 10.1 Å². The second-order valence-electron chi connectivity index (χ2n) is 4.70. The summed E-state index contributed by atoms with van der Waals surface area (Å²) in [5, 5.41) is 11.3. The van der Waals surface area contributed by atoms with Crippen molar-refractivity contribution in [2.24, 2.45) is 7.05 Å². The van der Waals surface area contributed by atoms with Crippen molar-refractivity contribution in [3.05, 3.63) is 51.0 Å². The SMILES string of the molecule is CC(=O)c1c(Cl)c(C(=O)Nc2ccc(F)c(C#N)c2)n(C)c1Cl. The Morgan fingerprint density at radius 1 is 1.35 bits per heavy atom. The molecule has 2 rings (SSSR count). The number of nitrogens with one attached hydrogen (secondary N) is 1. The van der Waals surface area contributed by atoms with Gasteiger partial charge in [-0.2, -0.15) is 5.26 Å². The minimum atomic E-state index is -0.690. The van der Waals surface area contributed by atoms with Gasteiger partial charge in [0.05, 0.1) is 16.1 Å². The van der Waals surface area contributed by atoms with Crippen LogP contribution in [0, 0.1) is 17.1 Å². The van der Waals surface area contributed by atoms with Gasteiger partial charge in [-0.25, -0.2) is 4.39 Å². The number of nitrogens with zero attached hydrogens (tertiary/aromatic N) is 2. The number of amides is 1. The van der Waals surface area contributed by atoms with E-state index in [1.54, 1.807) is 6.07 Å². The van der Waals surface area contributed by atoms with E-state index >= 15 is 0 Å². The number of ketones is 1. The maximum atomic E-state index is 13.3. The van der Waals surface area contributed by atoms with Crippen LogP contribution in [-0.2, 0) is 7.05 Å². The third-order valence-corrected chi connectivity index (χ3v) is 3.99. The van der Waals surface area contributed by atoms with Crippen LogP contribution < -0.4 is 5.32 Å². The van der Waals surface area contributed by atoms with Crippen molar-refractivity contribution in [3.8, 4) is 6.07 Å². The van der Waals surface area contributed by atoms with E-state index < -0.39 is 11.7 Å². The molecule has 118 valence electrons. The van der Waals surface area contributed by atoms with Crippen molar-refractivity contribution >= 4 is 40.6 Å². The first kappa shape index (κ1) is 17.0. The van der Waals surface area contributed by atoms with Crippen molar-refractivity contribution in [2.45, 2.75) is 6.92 Å². The zero-order valence-electron chi connectivity index (χ0n) is 12.1. The molecule has 8 heteroatoms. The van der Waals surface area contributed by atoms with Crippen LogP contribution in [0.3, 0.4) is 0 Å². The molecule has 1 amide bonds. The fourth-order valence-electron chi connectivity index (χ4n) is 2.05. The maximum Gasteiger partial charge on any atom is 0.273 e. The summed E-state index contributed by atoms with van der Waals surface area (Å²) in [5.41, 5.74) is 0.0523. The number of aromatic nitrogens is 1. The van der Waals surface area contributed by atoms with Crippen molar-refractivity contribution in [3.63, 3.8) is 0 Å². The average Bonchev–Trinajstić information content (AvgIpc) is 2.71. The second kappa shape index (κ2) is 6.41. The fraction of sp³-hybridized carbons (Fsp3) is 0.133. The summed E-state index contributed by atoms with van der Waals surface area (Å²) >= 11 is 12.1. The monoisotopic (exact) mass is 353 g/mol. The van der Waals surface area contributed by atoms with Crippen LogP contribution in [0.25, 0.3) is 0 Å². The Balaban J connectivity index is 2.41. The van der Waals surface area contributed by atoms with Gasteiger partial charge < -0.3 is 9.88 Å². The van der Waals surface area contributed by atoms with Crippen LogP contribution >= 0.6 is 23.2 Å². The number of rotatable bonds is 3. The summed E-state index contributed by atoms with van der Waals surface area (Å²) in [6.45, 7) is 1.29. The van der Waals surface area contributed by atoms with E-state index in [1.807, 2.05) is 0 Å². The van der Waals surface area contributed by atoms with Crippen molar-refractivity contribution in [1.82, 2.24) is 4.57 Å². The van der Waals surface area contributed by atoms with Crippen molar-refractivity contribution < 1.29 is 14.0 Å². The highest BCUT2D eigenvalue weighted by atomic mass is 35.5. The number of nitriles is 1. The fourth-order valence-corrected chi connectivity index (χ4v) is 2.85. The highest BCUT2D eigenvalue weighted by Gasteiger charge is 2.26. The number of hydrogen-bond acceptors (Lipinski definition) is 3. The molecule has 5 nitrogen and oxygen atoms in total. The Hall–Kier alpha value is -2.36. The van der Waals surface area contributed by atoms with Crippen LogP contribution in [-0.4, -0.2) is 16.3 Å². The first-order chi connectivity index (χ1) is 10.8. The number of carbonyl (C=O) groups excluding carboxylic acids is 2. The number of carbonyl (C=O) groups is 2. The van der Waals surface area contributed by atoms with Gasteiger partial charge in [0, 0.05) is 12.7 Å². The summed E-state index contributed by atoms with van der Waals surface area (Å²) in [6.07, 6.45) is 0. The van der Waals surface area contributed by atoms with Crippen molar-refractivity contribution in [2.75, 3.05) is 5.32 Å². The Kier molecular flexibility index (Phi) is 4.73. The molecular weight excluding hydrogens is 344 g/mol. The van der Waals surface area contributed by atoms with Crippen LogP contribution in [0.1, 0.15) is 33.3 Å². The van der Waals surface area contributed by atoms with Gasteiger partial charge in [-0.3, -0.25) is 9.59 Å². The molecule has 0 fully saturated rings. The summed E-state index contributed by atoms with van der Waals surface area (Å²) in [5.74, 6) is -1.70. The lowest BCUT2D eigenvalue weighted by atomic mass is 10.2. The predicted octanol–water partition coefficient (Wildman–Crippen LogP) is 3.80. The quantitative estimate of drug-likeness (QED) is 0.852. The Morgan fingerprint density at radius 3 is 2.52 bits per heavy atom. The number of anilines is 1. The molecule has 1 aromatic heterocycles. The highest BCUT2D eigenvalue weighted by Crippen LogP contribution is 2.32. The van der Waals surface area contributed by atoms with Crippen LogP contribution in [0.15, 0.2) is 18.2 Å². The predicted molar refractivity (Wildman–Crippen MR) is 84.5 cm³/mol. The van der Waals surface area contributed by atoms with E-state index in [4.69, 9.17) is 28.5 Å².